The fraction of sp³-hybridized carbons (Fsp3) is 0.185. The minimum absolute atomic E-state index is 0.0259. The maximum Gasteiger partial charge on any atom is 0.269 e. The number of carbonyl (C=O) groups excluding carboxylic acids is 1. The monoisotopic (exact) mass is 553 g/mol. The average Bonchev–Trinajstić information content (AvgIpc) is 3.23. The molecule has 0 aliphatic carbocycles. The van der Waals surface area contributed by atoms with E-state index in [4.69, 9.17) is 25.8 Å². The predicted molar refractivity (Wildman–Crippen MR) is 148 cm³/mol. The largest absolute Gasteiger partial charge is 0.494 e. The number of nitro groups is 1. The lowest BCUT2D eigenvalue weighted by molar-refractivity contribution is -0.384. The number of amides is 1. The van der Waals surface area contributed by atoms with Gasteiger partial charge in [-0.25, -0.2) is 4.99 Å². The normalized spacial score (nSPS) is 15.0. The summed E-state index contributed by atoms with van der Waals surface area (Å²) >= 11 is 7.74. The van der Waals surface area contributed by atoms with Crippen LogP contribution in [0.2, 0.25) is 5.02 Å². The van der Waals surface area contributed by atoms with E-state index in [0.717, 1.165) is 5.75 Å². The molecule has 1 aliphatic rings. The van der Waals surface area contributed by atoms with E-state index in [1.165, 1.54) is 23.9 Å². The number of aliphatic imine (C=N–C) groups is 1. The topological polar surface area (TPSA) is 112 Å². The number of hydrogen-bond donors (Lipinski definition) is 1. The molecular formula is C27H24ClN3O6S. The van der Waals surface area contributed by atoms with E-state index in [0.29, 0.717) is 51.6 Å². The number of thioether (sulfide) groups is 1. The van der Waals surface area contributed by atoms with E-state index in [2.05, 4.69) is 10.3 Å². The molecule has 9 nitrogen and oxygen atoms in total. The van der Waals surface area contributed by atoms with Crippen molar-refractivity contribution < 1.29 is 23.9 Å². The standard InChI is InChI=1S/C27H24ClN3O6S/c1-3-35-21-10-8-19(9-11-21)29-27-30-26(32)24(38-27)15-18-13-22(28)25(23(14-18)36-4-2)37-16-17-6-5-7-20(12-17)31(33)34/h5-15H,3-4,16H2,1-2H3,(H,29,30,32)/b24-15+. The third-order valence-corrected chi connectivity index (χ3v) is 6.35. The molecule has 0 atom stereocenters. The summed E-state index contributed by atoms with van der Waals surface area (Å²) in [6, 6.07) is 16.8. The molecule has 1 N–H and O–H groups in total. The van der Waals surface area contributed by atoms with Gasteiger partial charge in [-0.2, -0.15) is 0 Å². The summed E-state index contributed by atoms with van der Waals surface area (Å²) in [6.07, 6.45) is 1.69. The first-order valence-corrected chi connectivity index (χ1v) is 12.9. The molecule has 11 heteroatoms. The second-order valence-electron chi connectivity index (χ2n) is 7.89. The van der Waals surface area contributed by atoms with Crippen molar-refractivity contribution in [1.82, 2.24) is 5.32 Å². The number of nitro benzene ring substituents is 1. The minimum atomic E-state index is -0.462. The van der Waals surface area contributed by atoms with E-state index >= 15 is 0 Å². The molecular weight excluding hydrogens is 530 g/mol. The van der Waals surface area contributed by atoms with Crippen LogP contribution >= 0.6 is 23.4 Å². The summed E-state index contributed by atoms with van der Waals surface area (Å²) in [4.78, 5) is 28.1. The van der Waals surface area contributed by atoms with Gasteiger partial charge >= 0.3 is 0 Å². The number of benzene rings is 3. The molecule has 1 saturated heterocycles. The number of rotatable bonds is 10. The molecule has 3 aromatic rings. The van der Waals surface area contributed by atoms with Crippen LogP contribution in [0.15, 0.2) is 70.6 Å². The lowest BCUT2D eigenvalue weighted by Crippen LogP contribution is -2.19. The lowest BCUT2D eigenvalue weighted by Gasteiger charge is -2.14. The minimum Gasteiger partial charge on any atom is -0.494 e. The van der Waals surface area contributed by atoms with Crippen molar-refractivity contribution in [2.75, 3.05) is 13.2 Å². The number of nitrogens with zero attached hydrogens (tertiary/aromatic N) is 2. The van der Waals surface area contributed by atoms with E-state index in [1.807, 2.05) is 38.1 Å². The summed E-state index contributed by atoms with van der Waals surface area (Å²) in [5.74, 6) is 1.17. The Kier molecular flexibility index (Phi) is 8.88. The molecule has 0 bridgehead atoms. The fourth-order valence-corrected chi connectivity index (χ4v) is 4.64. The molecule has 0 radical (unpaired) electrons. The van der Waals surface area contributed by atoms with Crippen LogP contribution in [0.5, 0.6) is 17.2 Å². The van der Waals surface area contributed by atoms with Gasteiger partial charge in [0.25, 0.3) is 11.6 Å². The Labute approximate surface area is 228 Å². The van der Waals surface area contributed by atoms with Crippen molar-refractivity contribution in [2.45, 2.75) is 20.5 Å². The van der Waals surface area contributed by atoms with Gasteiger partial charge in [-0.15, -0.1) is 0 Å². The number of halogens is 1. The van der Waals surface area contributed by atoms with Gasteiger partial charge in [-0.3, -0.25) is 14.9 Å². The van der Waals surface area contributed by atoms with Gasteiger partial charge in [0.05, 0.1) is 33.8 Å². The highest BCUT2D eigenvalue weighted by atomic mass is 35.5. The van der Waals surface area contributed by atoms with Gasteiger partial charge < -0.3 is 19.5 Å². The van der Waals surface area contributed by atoms with Crippen LogP contribution in [0.4, 0.5) is 11.4 Å². The van der Waals surface area contributed by atoms with Gasteiger partial charge in [0.15, 0.2) is 16.7 Å². The van der Waals surface area contributed by atoms with Gasteiger partial charge in [-0.1, -0.05) is 23.7 Å². The molecule has 4 rings (SSSR count). The van der Waals surface area contributed by atoms with Crippen LogP contribution in [0.3, 0.4) is 0 Å². The van der Waals surface area contributed by atoms with E-state index in [-0.39, 0.29) is 23.2 Å². The van der Waals surface area contributed by atoms with E-state index in [9.17, 15) is 14.9 Å². The van der Waals surface area contributed by atoms with Crippen LogP contribution in [0.25, 0.3) is 6.08 Å². The maximum absolute atomic E-state index is 12.6. The summed E-state index contributed by atoms with van der Waals surface area (Å²) in [5.41, 5.74) is 1.91. The highest BCUT2D eigenvalue weighted by molar-refractivity contribution is 8.18. The first kappa shape index (κ1) is 27.0. The van der Waals surface area contributed by atoms with Gasteiger partial charge in [0.1, 0.15) is 12.4 Å². The number of hydrogen-bond acceptors (Lipinski definition) is 8. The molecule has 3 aromatic carbocycles. The number of amidine groups is 1. The highest BCUT2D eigenvalue weighted by Gasteiger charge is 2.24. The summed E-state index contributed by atoms with van der Waals surface area (Å²) in [7, 11) is 0. The number of nitrogens with one attached hydrogen (secondary N) is 1. The molecule has 1 heterocycles. The van der Waals surface area contributed by atoms with Crippen molar-refractivity contribution in [3.63, 3.8) is 0 Å². The number of non-ortho nitro benzene ring substituents is 1. The Hall–Kier alpha value is -4.02. The Bertz CT molecular complexity index is 1410. The van der Waals surface area contributed by atoms with Crippen molar-refractivity contribution in [3.05, 3.63) is 91.8 Å². The second kappa shape index (κ2) is 12.5. The van der Waals surface area contributed by atoms with Gasteiger partial charge in [0.2, 0.25) is 0 Å². The molecule has 0 aromatic heterocycles. The van der Waals surface area contributed by atoms with Gasteiger partial charge in [-0.05, 0) is 79.2 Å². The highest BCUT2D eigenvalue weighted by Crippen LogP contribution is 2.39. The van der Waals surface area contributed by atoms with Crippen LogP contribution < -0.4 is 19.5 Å². The van der Waals surface area contributed by atoms with E-state index in [1.54, 1.807) is 30.3 Å². The molecule has 1 aliphatic heterocycles. The molecule has 0 unspecified atom stereocenters. The van der Waals surface area contributed by atoms with Crippen LogP contribution in [0, 0.1) is 10.1 Å². The smallest absolute Gasteiger partial charge is 0.269 e. The summed E-state index contributed by atoms with van der Waals surface area (Å²) in [6.45, 7) is 4.74. The summed E-state index contributed by atoms with van der Waals surface area (Å²) < 4.78 is 17.1. The van der Waals surface area contributed by atoms with Crippen LogP contribution in [-0.4, -0.2) is 29.2 Å². The molecule has 0 saturated carbocycles. The second-order valence-corrected chi connectivity index (χ2v) is 9.33. The molecule has 0 spiro atoms. The van der Waals surface area contributed by atoms with Gasteiger partial charge in [0, 0.05) is 12.1 Å². The number of ether oxygens (including phenoxy) is 3. The zero-order valence-electron chi connectivity index (χ0n) is 20.6. The number of carbonyl (C=O) groups is 1. The first-order valence-electron chi connectivity index (χ1n) is 11.7. The fourth-order valence-electron chi connectivity index (χ4n) is 3.52. The zero-order chi connectivity index (χ0) is 27.1. The molecule has 1 amide bonds. The van der Waals surface area contributed by atoms with E-state index < -0.39 is 4.92 Å². The molecule has 196 valence electrons. The molecule has 1 fully saturated rings. The SMILES string of the molecule is CCOc1ccc(N=C2NC(=O)/C(=C\c3cc(Cl)c(OCc4cccc([N+](=O)[O-])c4)c(OCC)c3)S2)cc1. The quantitative estimate of drug-likeness (QED) is 0.173. The van der Waals surface area contributed by atoms with Crippen molar-refractivity contribution in [3.8, 4) is 17.2 Å². The predicted octanol–water partition coefficient (Wildman–Crippen LogP) is 6.52. The average molecular weight is 554 g/mol. The van der Waals surface area contributed by atoms with Crippen LogP contribution in [0.1, 0.15) is 25.0 Å². The first-order chi connectivity index (χ1) is 18.4. The zero-order valence-corrected chi connectivity index (χ0v) is 22.2. The van der Waals surface area contributed by atoms with Crippen molar-refractivity contribution in [1.29, 1.82) is 0 Å². The Balaban J connectivity index is 1.52. The third kappa shape index (κ3) is 6.84. The Morgan fingerprint density at radius 1 is 1.05 bits per heavy atom. The van der Waals surface area contributed by atoms with Crippen molar-refractivity contribution >= 4 is 51.9 Å². The lowest BCUT2D eigenvalue weighted by atomic mass is 10.1. The molecule has 38 heavy (non-hydrogen) atoms. The maximum atomic E-state index is 12.6. The van der Waals surface area contributed by atoms with Crippen molar-refractivity contribution in [2.24, 2.45) is 4.99 Å². The Morgan fingerprint density at radius 3 is 2.53 bits per heavy atom. The summed E-state index contributed by atoms with van der Waals surface area (Å²) in [5, 5.41) is 14.5. The van der Waals surface area contributed by atoms with Crippen LogP contribution in [-0.2, 0) is 11.4 Å². The third-order valence-electron chi connectivity index (χ3n) is 5.16. The Morgan fingerprint density at radius 2 is 1.82 bits per heavy atom.